The molecule has 39 nitrogen and oxygen atoms in total. The van der Waals surface area contributed by atoms with E-state index in [4.69, 9.17) is 48.4 Å². The van der Waals surface area contributed by atoms with E-state index in [2.05, 4.69) is 36.9 Å². The normalized spacial score (nSPS) is 20.6. The molecule has 2 aromatic carbocycles. The van der Waals surface area contributed by atoms with E-state index >= 15 is 4.79 Å². The summed E-state index contributed by atoms with van der Waals surface area (Å²) in [5.41, 5.74) is 7.81. The van der Waals surface area contributed by atoms with Crippen molar-refractivity contribution in [3.8, 4) is 0 Å². The summed E-state index contributed by atoms with van der Waals surface area (Å²) >= 11 is 0. The van der Waals surface area contributed by atoms with Crippen molar-refractivity contribution in [2.24, 2.45) is 59.0 Å². The second-order valence-electron chi connectivity index (χ2n) is 37.8. The van der Waals surface area contributed by atoms with Crippen molar-refractivity contribution in [2.75, 3.05) is 119 Å². The van der Waals surface area contributed by atoms with Crippen LogP contribution in [0.1, 0.15) is 226 Å². The largest absolute Gasteiger partial charge is 0.445 e. The number of Topliss-reactive ketones (excluding diaryl/α,β-unsaturated/α-hetero) is 3. The monoisotopic (exact) mass is 1940 g/mol. The summed E-state index contributed by atoms with van der Waals surface area (Å²) in [6.45, 7) is 19.1. The first kappa shape index (κ1) is 115. The van der Waals surface area contributed by atoms with Gasteiger partial charge in [-0.05, 0) is 130 Å². The number of hydrogen-bond donors (Lipinski definition) is 11. The van der Waals surface area contributed by atoms with Crippen molar-refractivity contribution >= 4 is 82.2 Å². The number of anilines is 1. The molecule has 39 heteroatoms. The number of carbonyl (C=O) groups is 13. The quantitative estimate of drug-likeness (QED) is 0.0220. The fraction of sp³-hybridized carbons (Fsp3) is 0.707. The number of urea groups is 1. The highest BCUT2D eigenvalue weighted by Gasteiger charge is 2.48. The lowest BCUT2D eigenvalue weighted by molar-refractivity contribution is -0.254. The molecule has 4 aliphatic rings. The highest BCUT2D eigenvalue weighted by Crippen LogP contribution is 2.37. The number of likely N-dealkylation sites (N-methyl/N-ethyl adjacent to an activating group) is 2. The van der Waals surface area contributed by atoms with Gasteiger partial charge in [-0.25, -0.2) is 14.3 Å². The summed E-state index contributed by atoms with van der Waals surface area (Å²) in [7, 11) is 6.13. The number of ketones is 5. The maximum Gasteiger partial charge on any atom is 0.410 e. The smallest absolute Gasteiger partial charge is 0.410 e. The minimum Gasteiger partial charge on any atom is -0.445 e. The zero-order chi connectivity index (χ0) is 101. The van der Waals surface area contributed by atoms with Crippen molar-refractivity contribution in [3.05, 3.63) is 89.3 Å². The molecule has 2 unspecified atom stereocenters. The van der Waals surface area contributed by atoms with E-state index in [0.29, 0.717) is 86.1 Å². The van der Waals surface area contributed by atoms with E-state index < -0.39 is 169 Å². The van der Waals surface area contributed by atoms with E-state index in [1.54, 1.807) is 94.8 Å². The van der Waals surface area contributed by atoms with E-state index in [0.717, 1.165) is 19.3 Å². The number of nitrogens with zero attached hydrogens (tertiary/aromatic N) is 6. The molecule has 772 valence electrons. The molecule has 2 aliphatic carbocycles. The number of aliphatic hydroxyl groups excluding tert-OH is 5. The average molecular weight is 1940 g/mol. The molecular weight excluding hydrogens is 1790 g/mol. The van der Waals surface area contributed by atoms with Gasteiger partial charge in [-0.3, -0.25) is 52.7 Å². The van der Waals surface area contributed by atoms with Crippen LogP contribution in [0, 0.1) is 53.3 Å². The number of likely N-dealkylation sites (tertiary alicyclic amines) is 1. The number of allylic oxidation sites excluding steroid dienone is 2. The number of primary amides is 1. The Bertz CT molecular complexity index is 4370. The fourth-order valence-corrected chi connectivity index (χ4v) is 18.4. The molecule has 2 saturated heterocycles. The number of carbonyl (C=O) groups excluding carboxylic acids is 13. The van der Waals surface area contributed by atoms with Gasteiger partial charge in [0.2, 0.25) is 35.4 Å². The Hall–Kier alpha value is -9.49. The minimum atomic E-state index is -1.65. The van der Waals surface area contributed by atoms with Gasteiger partial charge in [0.05, 0.1) is 125 Å². The van der Waals surface area contributed by atoms with Crippen molar-refractivity contribution in [1.29, 1.82) is 0 Å². The first-order valence-electron chi connectivity index (χ1n) is 48.9. The molecule has 0 bridgehead atoms. The number of ether oxygens (including phenoxy) is 9. The Morgan fingerprint density at radius 2 is 1.29 bits per heavy atom. The van der Waals surface area contributed by atoms with Gasteiger partial charge in [0.1, 0.15) is 55.2 Å². The SMILES string of the molecule is CC[C@H](C)[C@@H]([C@@H](CC(=O)N1CCC[C@H]1[C@H](OC)[C@@H](C)C(=O)N[C@H](C)[C@@H](O)c1ccccc1)OC)N(C)C(=O)[C@@H](CC(=O)[C@H](C(C)C)N(C)C(=O)OCc1ccc(NC(=O)[C@H](CCCNC(N)=O)CC(=O)[C@@H](NC(=O)[C@@H](CCCCNC(=O)COC2CCCCCc3c2nnn3C2O[C@H](CO)[C@H](O)[C@H](O)[C@H]2O)CC(=O)CCOCCOCCOCCOCCC2C(=O)C=CC2=O)C(C)C)cc1)C(C)C. The number of unbranched alkanes of at least 4 members (excludes halogenated alkanes) is 1. The molecule has 2 fully saturated rings. The van der Waals surface area contributed by atoms with Crippen LogP contribution < -0.4 is 32.3 Å². The molecular formula is C99H154N12O27. The molecule has 3 aromatic rings. The number of nitrogens with two attached hydrogens (primary N) is 1. The summed E-state index contributed by atoms with van der Waals surface area (Å²) in [6.07, 6.45) is -3.17. The Kier molecular flexibility index (Phi) is 49.6. The number of amides is 9. The summed E-state index contributed by atoms with van der Waals surface area (Å²) < 4.78 is 53.6. The molecule has 12 N–H and O–H groups in total. The van der Waals surface area contributed by atoms with Gasteiger partial charge in [0.15, 0.2) is 29.4 Å². The van der Waals surface area contributed by atoms with Gasteiger partial charge < -0.3 is 115 Å². The third kappa shape index (κ3) is 35.0. The highest BCUT2D eigenvalue weighted by atomic mass is 16.6. The van der Waals surface area contributed by atoms with Crippen LogP contribution >= 0.6 is 0 Å². The van der Waals surface area contributed by atoms with Gasteiger partial charge in [-0.15, -0.1) is 5.10 Å². The number of rotatable bonds is 62. The maximum atomic E-state index is 15.0. The average Bonchev–Trinajstić information content (AvgIpc) is 1.64. The number of benzene rings is 2. The number of fused-ring (bicyclic) bond motifs is 1. The molecule has 19 atom stereocenters. The van der Waals surface area contributed by atoms with Crippen LogP contribution in [0.4, 0.5) is 15.3 Å². The van der Waals surface area contributed by atoms with E-state index in [1.165, 1.54) is 43.0 Å². The van der Waals surface area contributed by atoms with Gasteiger partial charge in [0.25, 0.3) is 0 Å². The van der Waals surface area contributed by atoms with Crippen LogP contribution in [0.3, 0.4) is 0 Å². The lowest BCUT2D eigenvalue weighted by Gasteiger charge is -2.41. The zero-order valence-corrected chi connectivity index (χ0v) is 82.9. The van der Waals surface area contributed by atoms with Crippen molar-refractivity contribution < 1.29 is 130 Å². The van der Waals surface area contributed by atoms with Crippen LogP contribution in [0.5, 0.6) is 0 Å². The molecule has 138 heavy (non-hydrogen) atoms. The molecule has 0 saturated carbocycles. The number of methoxy groups -OCH3 is 2. The predicted molar refractivity (Wildman–Crippen MR) is 506 cm³/mol. The Morgan fingerprint density at radius 3 is 1.91 bits per heavy atom. The molecule has 7 rings (SSSR count). The Labute approximate surface area is 810 Å². The fourth-order valence-electron chi connectivity index (χ4n) is 18.4. The standard InChI is InChI=1S/C99H154N12O27/c1-15-62(8)87(80(130-13)55-83(119)110-43-25-31-74(110)92(131-14)63(9)93(124)103-64(10)88(120)66-26-18-16-19-27-66)108(11)96(127)72(59(2)3)54-78(117)86(61(6)7)109(12)99(129)137-57-65-33-35-69(36-34-65)104-94(125)68(29-24-42-102-98(100)128)53-77(116)84(60(4)5)105-95(126)67(52-70(113)39-44-132-46-48-134-50-51-135-49-47-133-45-40-71-75(114)37-38-76(71)115)28-22-23-41-101-82(118)58-136-79-32-21-17-20-30-73-85(79)106-107-111(73)97-91(123)90(122)89(121)81(56-112)138-97/h16,18-19,26-27,33-38,59-64,67-68,71-72,74,79-81,84,86-92,97,112,120-123H,15,17,20-25,28-32,39-58H2,1-14H3,(H,101,118)(H,103,124)(H,104,125)(H,105,126)(H3,100,102,128)/t62-,63+,64+,67-,68+,72-,74-,79?,80+,81+,84-,86-,87-,88+,89-,90-,91+,92+,97?/m0/s1. The Balaban J connectivity index is 0.937. The molecule has 0 spiro atoms. The predicted octanol–water partition coefficient (Wildman–Crippen LogP) is 6.24. The Morgan fingerprint density at radius 1 is 0.652 bits per heavy atom. The number of nitrogens with one attached hydrogen (secondary N) is 5. The third-order valence-corrected chi connectivity index (χ3v) is 26.7. The second kappa shape index (κ2) is 59.3. The van der Waals surface area contributed by atoms with Crippen molar-refractivity contribution in [2.45, 2.75) is 283 Å². The summed E-state index contributed by atoms with van der Waals surface area (Å²) in [4.78, 5) is 183. The van der Waals surface area contributed by atoms with E-state index in [-0.39, 0.29) is 183 Å². The van der Waals surface area contributed by atoms with E-state index in [9.17, 15) is 83.1 Å². The van der Waals surface area contributed by atoms with Gasteiger partial charge in [0, 0.05) is 104 Å². The summed E-state index contributed by atoms with van der Waals surface area (Å²) in [5, 5.41) is 75.5. The molecule has 9 amide bonds. The van der Waals surface area contributed by atoms with Crippen LogP contribution in [0.15, 0.2) is 66.7 Å². The second-order valence-corrected chi connectivity index (χ2v) is 37.8. The minimum absolute atomic E-state index is 0.00846. The van der Waals surface area contributed by atoms with Crippen LogP contribution in [0.25, 0.3) is 0 Å². The van der Waals surface area contributed by atoms with Crippen molar-refractivity contribution in [3.63, 3.8) is 0 Å². The lowest BCUT2D eigenvalue weighted by atomic mass is 9.83. The van der Waals surface area contributed by atoms with Gasteiger partial charge in [-0.2, -0.15) is 0 Å². The van der Waals surface area contributed by atoms with Crippen LogP contribution in [-0.2, 0) is 108 Å². The number of aliphatic hydroxyl groups is 5. The van der Waals surface area contributed by atoms with Crippen LogP contribution in [-0.4, -0.2) is 313 Å². The van der Waals surface area contributed by atoms with Gasteiger partial charge in [-0.1, -0.05) is 136 Å². The van der Waals surface area contributed by atoms with E-state index in [1.807, 2.05) is 45.9 Å². The molecule has 2 aliphatic heterocycles. The molecule has 0 radical (unpaired) electrons. The zero-order valence-electron chi connectivity index (χ0n) is 82.9. The number of hydrogen-bond acceptors (Lipinski definition) is 29. The first-order valence-corrected chi connectivity index (χ1v) is 48.9. The topological polar surface area (TPSA) is 533 Å². The molecule has 3 heterocycles. The summed E-state index contributed by atoms with van der Waals surface area (Å²) in [6, 6.07) is 10.8. The molecule has 1 aromatic heterocycles. The lowest BCUT2D eigenvalue weighted by Crippen LogP contribution is -2.56. The third-order valence-electron chi connectivity index (χ3n) is 26.7. The van der Waals surface area contributed by atoms with Gasteiger partial charge >= 0.3 is 12.1 Å². The maximum absolute atomic E-state index is 15.0. The first-order chi connectivity index (χ1) is 65.9. The number of aromatic nitrogens is 3. The van der Waals surface area contributed by atoms with Crippen molar-refractivity contribution in [1.82, 2.24) is 51.0 Å². The van der Waals surface area contributed by atoms with Crippen LogP contribution in [0.2, 0.25) is 0 Å². The highest BCUT2D eigenvalue weighted by molar-refractivity contribution is 6.18. The summed E-state index contributed by atoms with van der Waals surface area (Å²) in [5.74, 6) is -9.85.